The van der Waals surface area contributed by atoms with Crippen LogP contribution in [0.2, 0.25) is 0 Å². The molecule has 6 nitrogen and oxygen atoms in total. The van der Waals surface area contributed by atoms with E-state index in [9.17, 15) is 9.59 Å². The van der Waals surface area contributed by atoms with Gasteiger partial charge in [0.25, 0.3) is 11.8 Å². The molecule has 6 heteroatoms. The lowest BCUT2D eigenvalue weighted by Gasteiger charge is -2.19. The van der Waals surface area contributed by atoms with E-state index < -0.39 is 0 Å². The van der Waals surface area contributed by atoms with Crippen LogP contribution in [0.4, 0.5) is 11.4 Å². The molecule has 2 N–H and O–H groups in total. The monoisotopic (exact) mass is 564 g/mol. The van der Waals surface area contributed by atoms with Gasteiger partial charge in [-0.05, 0) is 81.6 Å². The Bertz CT molecular complexity index is 1360. The third-order valence-electron chi connectivity index (χ3n) is 6.85. The van der Waals surface area contributed by atoms with Gasteiger partial charge in [0.15, 0.2) is 13.2 Å². The fourth-order valence-corrected chi connectivity index (χ4v) is 4.29. The second-order valence-corrected chi connectivity index (χ2v) is 12.4. The summed E-state index contributed by atoms with van der Waals surface area (Å²) in [6.07, 6.45) is 0. The molecule has 0 aliphatic heterocycles. The number of amides is 2. The van der Waals surface area contributed by atoms with Crippen LogP contribution in [-0.4, -0.2) is 25.0 Å². The molecule has 0 radical (unpaired) electrons. The number of anilines is 2. The van der Waals surface area contributed by atoms with E-state index in [2.05, 4.69) is 52.2 Å². The van der Waals surface area contributed by atoms with Gasteiger partial charge < -0.3 is 20.1 Å². The molecule has 0 atom stereocenters. The highest BCUT2D eigenvalue weighted by molar-refractivity contribution is 5.93. The fraction of sp³-hybridized carbons (Fsp3) is 0.278. The van der Waals surface area contributed by atoms with Crippen molar-refractivity contribution in [2.45, 2.75) is 52.4 Å². The van der Waals surface area contributed by atoms with Crippen molar-refractivity contribution in [3.05, 3.63) is 108 Å². The van der Waals surface area contributed by atoms with E-state index in [-0.39, 0.29) is 35.9 Å². The van der Waals surface area contributed by atoms with Crippen molar-refractivity contribution in [1.29, 1.82) is 0 Å². The van der Waals surface area contributed by atoms with Crippen molar-refractivity contribution < 1.29 is 19.1 Å². The van der Waals surface area contributed by atoms with Crippen LogP contribution in [0.15, 0.2) is 97.1 Å². The normalized spacial score (nSPS) is 11.5. The topological polar surface area (TPSA) is 76.7 Å². The van der Waals surface area contributed by atoms with Crippen molar-refractivity contribution >= 4 is 23.2 Å². The molecule has 0 bridgehead atoms. The Morgan fingerprint density at radius 3 is 1.10 bits per heavy atom. The maximum Gasteiger partial charge on any atom is 0.262 e. The lowest BCUT2D eigenvalue weighted by atomic mass is 9.87. The van der Waals surface area contributed by atoms with E-state index in [1.54, 1.807) is 0 Å². The van der Waals surface area contributed by atoms with Crippen LogP contribution < -0.4 is 20.1 Å². The number of ether oxygens (including phenoxy) is 2. The summed E-state index contributed by atoms with van der Waals surface area (Å²) in [5.41, 5.74) is 5.90. The largest absolute Gasteiger partial charge is 0.484 e. The number of hydrogen-bond donors (Lipinski definition) is 2. The molecule has 2 amide bonds. The average molecular weight is 565 g/mol. The number of benzene rings is 4. The molecule has 42 heavy (non-hydrogen) atoms. The van der Waals surface area contributed by atoms with E-state index in [4.69, 9.17) is 9.47 Å². The summed E-state index contributed by atoms with van der Waals surface area (Å²) < 4.78 is 11.3. The van der Waals surface area contributed by atoms with Crippen LogP contribution in [-0.2, 0) is 20.4 Å². The molecule has 0 aliphatic carbocycles. The Morgan fingerprint density at radius 2 is 0.810 bits per heavy atom. The first-order chi connectivity index (χ1) is 19.9. The average Bonchev–Trinajstić information content (AvgIpc) is 2.95. The molecule has 4 aromatic rings. The first-order valence-corrected chi connectivity index (χ1v) is 14.1. The Kier molecular flexibility index (Phi) is 9.36. The van der Waals surface area contributed by atoms with Crippen LogP contribution in [0, 0.1) is 0 Å². The summed E-state index contributed by atoms with van der Waals surface area (Å²) >= 11 is 0. The standard InChI is InChI=1S/C36H40N2O4/c1-35(2,3)27-11-19-31(20-12-27)41-23-33(39)37-29-15-7-25(8-16-29)26-9-17-30(18-10-26)38-34(40)24-42-32-21-13-28(14-22-32)36(4,5)6/h7-22H,23-24H2,1-6H3,(H,37,39)(H,38,40). The zero-order chi connectivity index (χ0) is 30.3. The van der Waals surface area contributed by atoms with Gasteiger partial charge in [0.05, 0.1) is 0 Å². The molecule has 218 valence electrons. The minimum Gasteiger partial charge on any atom is -0.484 e. The molecular weight excluding hydrogens is 524 g/mol. The van der Waals surface area contributed by atoms with E-state index >= 15 is 0 Å². The molecule has 0 fully saturated rings. The number of hydrogen-bond acceptors (Lipinski definition) is 4. The number of carbonyl (C=O) groups excluding carboxylic acids is 2. The zero-order valence-corrected chi connectivity index (χ0v) is 25.3. The lowest BCUT2D eigenvalue weighted by molar-refractivity contribution is -0.118. The number of carbonyl (C=O) groups is 2. The van der Waals surface area contributed by atoms with Crippen LogP contribution in [0.25, 0.3) is 11.1 Å². The fourth-order valence-electron chi connectivity index (χ4n) is 4.29. The summed E-state index contributed by atoms with van der Waals surface area (Å²) in [6, 6.07) is 30.8. The van der Waals surface area contributed by atoms with E-state index in [0.717, 1.165) is 11.1 Å². The minimum atomic E-state index is -0.228. The van der Waals surface area contributed by atoms with Crippen LogP contribution >= 0.6 is 0 Å². The van der Waals surface area contributed by atoms with Gasteiger partial charge >= 0.3 is 0 Å². The molecule has 0 saturated heterocycles. The van der Waals surface area contributed by atoms with Gasteiger partial charge in [0.1, 0.15) is 11.5 Å². The van der Waals surface area contributed by atoms with Gasteiger partial charge in [0, 0.05) is 11.4 Å². The minimum absolute atomic E-state index is 0.0650. The van der Waals surface area contributed by atoms with Crippen LogP contribution in [0.3, 0.4) is 0 Å². The predicted octanol–water partition coefficient (Wildman–Crippen LogP) is 7.98. The summed E-state index contributed by atoms with van der Waals surface area (Å²) in [4.78, 5) is 24.8. The summed E-state index contributed by atoms with van der Waals surface area (Å²) in [6.45, 7) is 12.8. The predicted molar refractivity (Wildman–Crippen MR) is 170 cm³/mol. The van der Waals surface area contributed by atoms with Crippen molar-refractivity contribution in [3.8, 4) is 22.6 Å². The highest BCUT2D eigenvalue weighted by atomic mass is 16.5. The van der Waals surface area contributed by atoms with E-state index in [1.165, 1.54) is 11.1 Å². The third kappa shape index (κ3) is 8.71. The summed E-state index contributed by atoms with van der Waals surface area (Å²) in [7, 11) is 0. The van der Waals surface area contributed by atoms with Crippen molar-refractivity contribution in [1.82, 2.24) is 0 Å². The molecule has 0 aromatic heterocycles. The highest BCUT2D eigenvalue weighted by Gasteiger charge is 2.14. The summed E-state index contributed by atoms with van der Waals surface area (Å²) in [5, 5.41) is 5.73. The van der Waals surface area contributed by atoms with Crippen molar-refractivity contribution in [2.75, 3.05) is 23.8 Å². The van der Waals surface area contributed by atoms with Gasteiger partial charge in [-0.15, -0.1) is 0 Å². The molecule has 0 aliphatic rings. The van der Waals surface area contributed by atoms with E-state index in [0.29, 0.717) is 22.9 Å². The Labute approximate surface area is 249 Å². The van der Waals surface area contributed by atoms with E-state index in [1.807, 2.05) is 97.1 Å². The molecule has 0 unspecified atom stereocenters. The molecular formula is C36H40N2O4. The van der Waals surface area contributed by atoms with Crippen LogP contribution in [0.5, 0.6) is 11.5 Å². The van der Waals surface area contributed by atoms with Gasteiger partial charge in [-0.25, -0.2) is 0 Å². The maximum atomic E-state index is 12.4. The van der Waals surface area contributed by atoms with Crippen molar-refractivity contribution in [2.24, 2.45) is 0 Å². The Hall–Kier alpha value is -4.58. The third-order valence-corrected chi connectivity index (χ3v) is 6.85. The Morgan fingerprint density at radius 1 is 0.500 bits per heavy atom. The molecule has 0 spiro atoms. The first-order valence-electron chi connectivity index (χ1n) is 14.1. The van der Waals surface area contributed by atoms with Crippen molar-refractivity contribution in [3.63, 3.8) is 0 Å². The van der Waals surface area contributed by atoms with Gasteiger partial charge in [0.2, 0.25) is 0 Å². The molecule has 4 rings (SSSR count). The van der Waals surface area contributed by atoms with Gasteiger partial charge in [-0.3, -0.25) is 9.59 Å². The van der Waals surface area contributed by atoms with Gasteiger partial charge in [-0.2, -0.15) is 0 Å². The highest BCUT2D eigenvalue weighted by Crippen LogP contribution is 2.26. The van der Waals surface area contributed by atoms with Gasteiger partial charge in [-0.1, -0.05) is 90.1 Å². The molecule has 0 saturated carbocycles. The lowest BCUT2D eigenvalue weighted by Crippen LogP contribution is -2.20. The molecule has 0 heterocycles. The Balaban J connectivity index is 1.23. The second-order valence-electron chi connectivity index (χ2n) is 12.4. The van der Waals surface area contributed by atoms with Crippen LogP contribution in [0.1, 0.15) is 52.7 Å². The quantitative estimate of drug-likeness (QED) is 0.216. The number of nitrogens with one attached hydrogen (secondary N) is 2. The first kappa shape index (κ1) is 30.4. The second kappa shape index (κ2) is 12.9. The smallest absolute Gasteiger partial charge is 0.262 e. The SMILES string of the molecule is CC(C)(C)c1ccc(OCC(=O)Nc2ccc(-c3ccc(NC(=O)COc4ccc(C(C)(C)C)cc4)cc3)cc2)cc1. The zero-order valence-electron chi connectivity index (χ0n) is 25.3. The number of rotatable bonds is 9. The molecule has 4 aromatic carbocycles. The maximum absolute atomic E-state index is 12.4. The summed E-state index contributed by atoms with van der Waals surface area (Å²) in [5.74, 6) is 0.861.